The van der Waals surface area contributed by atoms with Crippen LogP contribution in [0.5, 0.6) is 0 Å². The Morgan fingerprint density at radius 1 is 1.50 bits per heavy atom. The molecule has 1 rings (SSSR count). The average Bonchev–Trinajstić information content (AvgIpc) is 1.23. The topological polar surface area (TPSA) is 72.0 Å². The van der Waals surface area contributed by atoms with E-state index in [1.54, 1.807) is 0 Å². The molecule has 1 aliphatic rings. The molecule has 0 aromatic carbocycles. The van der Waals surface area contributed by atoms with E-state index < -0.39 is 6.09 Å². The fraction of sp³-hybridized carbons (Fsp3) is 0.750. The van der Waals surface area contributed by atoms with Crippen LogP contribution in [-0.2, 0) is 0 Å². The molecule has 0 aliphatic carbocycles. The maximum atomic E-state index is 9.91. The first-order chi connectivity index (χ1) is 3.30. The van der Waals surface area contributed by atoms with Gasteiger partial charge in [0.2, 0.25) is 0 Å². The molecule has 1 fully saturated rings. The van der Waals surface area contributed by atoms with Gasteiger partial charge in [0.05, 0.1) is 0 Å². The Hall–Kier alpha value is -0.770. The summed E-state index contributed by atoms with van der Waals surface area (Å²) in [5, 5.41) is 8.16. The molecule has 0 bridgehead atoms. The number of carboxylic acid groups (broad SMARTS) is 1. The lowest BCUT2D eigenvalue weighted by atomic mass is 10.2. The number of likely N-dealkylation sites (tertiary alicyclic amines) is 1. The van der Waals surface area contributed by atoms with E-state index in [0.29, 0.717) is 0 Å². The second kappa shape index (κ2) is 2.52. The van der Waals surface area contributed by atoms with Gasteiger partial charge in [0.25, 0.3) is 0 Å². The van der Waals surface area contributed by atoms with Crippen LogP contribution in [0.2, 0.25) is 0 Å². The normalized spacial score (nSPS) is 16.2. The Morgan fingerprint density at radius 2 is 2.00 bits per heavy atom. The smallest absolute Gasteiger partial charge is 0.407 e. The highest BCUT2D eigenvalue weighted by atomic mass is 16.4. The molecule has 0 radical (unpaired) electrons. The van der Waals surface area contributed by atoms with Crippen LogP contribution in [0, 0.1) is 0 Å². The molecule has 1 amide bonds. The van der Waals surface area contributed by atoms with E-state index in [2.05, 4.69) is 0 Å². The van der Waals surface area contributed by atoms with Gasteiger partial charge in [-0.1, -0.05) is 0 Å². The molecule has 3 N–H and O–H groups in total. The van der Waals surface area contributed by atoms with Gasteiger partial charge in [-0.3, -0.25) is 0 Å². The fourth-order valence-corrected chi connectivity index (χ4v) is 0.508. The number of hydrogen-bond acceptors (Lipinski definition) is 1. The van der Waals surface area contributed by atoms with Gasteiger partial charge in [0, 0.05) is 13.1 Å². The molecule has 4 heteroatoms. The number of nitrogens with zero attached hydrogens (tertiary/aromatic N) is 1. The van der Waals surface area contributed by atoms with Crippen LogP contribution in [0.3, 0.4) is 0 Å². The van der Waals surface area contributed by atoms with Gasteiger partial charge in [-0.05, 0) is 6.42 Å². The predicted octanol–water partition coefficient (Wildman–Crippen LogP) is -0.455. The average molecular weight is 119 g/mol. The Balaban J connectivity index is 0.000000490. The molecule has 0 aromatic rings. The SMILES string of the molecule is O.O=C(O)N1CCC1. The van der Waals surface area contributed by atoms with Gasteiger partial charge < -0.3 is 15.5 Å². The van der Waals surface area contributed by atoms with Crippen molar-refractivity contribution < 1.29 is 15.4 Å². The number of rotatable bonds is 0. The molecule has 1 aliphatic heterocycles. The lowest BCUT2D eigenvalue weighted by Crippen LogP contribution is -2.40. The minimum Gasteiger partial charge on any atom is -0.465 e. The first kappa shape index (κ1) is 7.23. The zero-order valence-electron chi connectivity index (χ0n) is 4.42. The molecule has 1 saturated heterocycles. The van der Waals surface area contributed by atoms with E-state index in [4.69, 9.17) is 5.11 Å². The van der Waals surface area contributed by atoms with Crippen molar-refractivity contribution in [1.29, 1.82) is 0 Å². The minimum absolute atomic E-state index is 0. The van der Waals surface area contributed by atoms with Gasteiger partial charge in [-0.15, -0.1) is 0 Å². The van der Waals surface area contributed by atoms with Gasteiger partial charge in [-0.25, -0.2) is 4.79 Å². The van der Waals surface area contributed by atoms with E-state index >= 15 is 0 Å². The van der Waals surface area contributed by atoms with Crippen molar-refractivity contribution >= 4 is 6.09 Å². The van der Waals surface area contributed by atoms with E-state index in [0.717, 1.165) is 19.5 Å². The van der Waals surface area contributed by atoms with Crippen molar-refractivity contribution in [3.8, 4) is 0 Å². The number of hydrogen-bond donors (Lipinski definition) is 1. The van der Waals surface area contributed by atoms with Gasteiger partial charge >= 0.3 is 6.09 Å². The molecule has 8 heavy (non-hydrogen) atoms. The van der Waals surface area contributed by atoms with E-state index in [-0.39, 0.29) is 5.48 Å². The maximum absolute atomic E-state index is 9.91. The van der Waals surface area contributed by atoms with Crippen LogP contribution in [0.15, 0.2) is 0 Å². The van der Waals surface area contributed by atoms with Gasteiger partial charge in [0.1, 0.15) is 0 Å². The monoisotopic (exact) mass is 119 g/mol. The highest BCUT2D eigenvalue weighted by Crippen LogP contribution is 2.03. The molecule has 0 saturated carbocycles. The van der Waals surface area contributed by atoms with Crippen molar-refractivity contribution in [2.24, 2.45) is 0 Å². The highest BCUT2D eigenvalue weighted by Gasteiger charge is 2.17. The fourth-order valence-electron chi connectivity index (χ4n) is 0.508. The van der Waals surface area contributed by atoms with Crippen molar-refractivity contribution in [3.63, 3.8) is 0 Å². The summed E-state index contributed by atoms with van der Waals surface area (Å²) >= 11 is 0. The molecule has 0 aromatic heterocycles. The van der Waals surface area contributed by atoms with Crippen LogP contribution < -0.4 is 0 Å². The Kier molecular flexibility index (Phi) is 2.27. The first-order valence-corrected chi connectivity index (χ1v) is 2.28. The Morgan fingerprint density at radius 3 is 2.00 bits per heavy atom. The van der Waals surface area contributed by atoms with Crippen LogP contribution in [0.25, 0.3) is 0 Å². The summed E-state index contributed by atoms with van der Waals surface area (Å²) in [6, 6.07) is 0. The molecule has 0 atom stereocenters. The largest absolute Gasteiger partial charge is 0.465 e. The standard InChI is InChI=1S/C4H7NO2.H2O/c6-4(7)5-2-1-3-5;/h1-3H2,(H,6,7);1H2. The third kappa shape index (κ3) is 1.10. The van der Waals surface area contributed by atoms with Gasteiger partial charge in [0.15, 0.2) is 0 Å². The molecule has 0 spiro atoms. The van der Waals surface area contributed by atoms with Crippen molar-refractivity contribution in [3.05, 3.63) is 0 Å². The van der Waals surface area contributed by atoms with Crippen molar-refractivity contribution in [2.45, 2.75) is 6.42 Å². The zero-order chi connectivity index (χ0) is 5.28. The third-order valence-electron chi connectivity index (χ3n) is 1.13. The van der Waals surface area contributed by atoms with Crippen LogP contribution >= 0.6 is 0 Å². The van der Waals surface area contributed by atoms with Crippen LogP contribution in [-0.4, -0.2) is 34.7 Å². The maximum Gasteiger partial charge on any atom is 0.407 e. The Bertz CT molecular complexity index is 89.3. The van der Waals surface area contributed by atoms with Crippen molar-refractivity contribution in [1.82, 2.24) is 4.90 Å². The number of amides is 1. The second-order valence-corrected chi connectivity index (χ2v) is 1.62. The summed E-state index contributed by atoms with van der Waals surface area (Å²) in [5.74, 6) is 0. The summed E-state index contributed by atoms with van der Waals surface area (Å²) in [7, 11) is 0. The summed E-state index contributed by atoms with van der Waals surface area (Å²) in [6.45, 7) is 1.46. The third-order valence-corrected chi connectivity index (χ3v) is 1.13. The Labute approximate surface area is 47.0 Å². The highest BCUT2D eigenvalue weighted by molar-refractivity contribution is 5.65. The van der Waals surface area contributed by atoms with Crippen LogP contribution in [0.4, 0.5) is 4.79 Å². The van der Waals surface area contributed by atoms with Gasteiger partial charge in [-0.2, -0.15) is 0 Å². The minimum atomic E-state index is -0.786. The van der Waals surface area contributed by atoms with E-state index in [9.17, 15) is 4.79 Å². The summed E-state index contributed by atoms with van der Waals surface area (Å²) in [6.07, 6.45) is 0.248. The van der Waals surface area contributed by atoms with Crippen molar-refractivity contribution in [2.75, 3.05) is 13.1 Å². The zero-order valence-corrected chi connectivity index (χ0v) is 4.42. The lowest BCUT2D eigenvalue weighted by molar-refractivity contribution is 0.118. The molecular weight excluding hydrogens is 110 g/mol. The summed E-state index contributed by atoms with van der Waals surface area (Å²) in [4.78, 5) is 11.3. The summed E-state index contributed by atoms with van der Waals surface area (Å²) < 4.78 is 0. The molecular formula is C4H9NO3. The first-order valence-electron chi connectivity index (χ1n) is 2.28. The molecule has 48 valence electrons. The molecule has 4 nitrogen and oxygen atoms in total. The van der Waals surface area contributed by atoms with Crippen LogP contribution in [0.1, 0.15) is 6.42 Å². The summed E-state index contributed by atoms with van der Waals surface area (Å²) in [5.41, 5.74) is 0. The number of carbonyl (C=O) groups is 1. The van der Waals surface area contributed by atoms with E-state index in [1.165, 1.54) is 4.90 Å². The van der Waals surface area contributed by atoms with E-state index in [1.807, 2.05) is 0 Å². The lowest BCUT2D eigenvalue weighted by Gasteiger charge is -2.27. The predicted molar refractivity (Wildman–Crippen MR) is 27.8 cm³/mol. The second-order valence-electron chi connectivity index (χ2n) is 1.62. The molecule has 0 unspecified atom stereocenters. The quantitative estimate of drug-likeness (QED) is 0.469. The molecule has 1 heterocycles.